The van der Waals surface area contributed by atoms with E-state index in [-0.39, 0.29) is 16.9 Å². The molecular formula is C14H20ClNO. The fourth-order valence-electron chi connectivity index (χ4n) is 2.09. The van der Waals surface area contributed by atoms with Gasteiger partial charge >= 0.3 is 0 Å². The summed E-state index contributed by atoms with van der Waals surface area (Å²) < 4.78 is 5.74. The van der Waals surface area contributed by atoms with Gasteiger partial charge in [-0.3, -0.25) is 0 Å². The van der Waals surface area contributed by atoms with E-state index in [0.717, 1.165) is 17.4 Å². The zero-order valence-electron chi connectivity index (χ0n) is 11.0. The van der Waals surface area contributed by atoms with Gasteiger partial charge in [-0.15, -0.1) is 0 Å². The zero-order chi connectivity index (χ0) is 12.7. The number of aliphatic imine (C=N–C) groups is 1. The first-order valence-electron chi connectivity index (χ1n) is 6.07. The summed E-state index contributed by atoms with van der Waals surface area (Å²) in [6, 6.07) is 0.203. The molecule has 2 nitrogen and oxygen atoms in total. The molecule has 0 aromatic rings. The third-order valence-electron chi connectivity index (χ3n) is 3.41. The van der Waals surface area contributed by atoms with Crippen LogP contribution in [-0.4, -0.2) is 18.5 Å². The molecule has 0 radical (unpaired) electrons. The van der Waals surface area contributed by atoms with Gasteiger partial charge in [-0.05, 0) is 12.5 Å². The topological polar surface area (TPSA) is 21.6 Å². The van der Waals surface area contributed by atoms with Crippen molar-refractivity contribution in [2.75, 3.05) is 6.61 Å². The van der Waals surface area contributed by atoms with Crippen molar-refractivity contribution in [2.45, 2.75) is 40.2 Å². The van der Waals surface area contributed by atoms with Gasteiger partial charge in [-0.25, -0.2) is 4.99 Å². The molecule has 1 heterocycles. The molecule has 0 unspecified atom stereocenters. The zero-order valence-corrected chi connectivity index (χ0v) is 11.7. The molecular weight excluding hydrogens is 234 g/mol. The molecule has 1 aliphatic carbocycles. The van der Waals surface area contributed by atoms with Crippen molar-refractivity contribution in [3.63, 3.8) is 0 Å². The lowest BCUT2D eigenvalue weighted by molar-refractivity contribution is 0.229. The Bertz CT molecular complexity index is 403. The Morgan fingerprint density at radius 2 is 2.18 bits per heavy atom. The maximum absolute atomic E-state index is 5.96. The maximum Gasteiger partial charge on any atom is 0.189 e. The van der Waals surface area contributed by atoms with Gasteiger partial charge in [0.2, 0.25) is 0 Å². The monoisotopic (exact) mass is 253 g/mol. The summed E-state index contributed by atoms with van der Waals surface area (Å²) in [5.41, 5.74) is 0.0301. The van der Waals surface area contributed by atoms with Crippen LogP contribution < -0.4 is 0 Å². The van der Waals surface area contributed by atoms with Gasteiger partial charge in [0.25, 0.3) is 0 Å². The molecule has 0 fully saturated rings. The SMILES string of the molecule is CC(C)(C)C1=N[C@@H]([C@@]2(C)C=CC(Cl)=CC2)CO1. The van der Waals surface area contributed by atoms with Gasteiger partial charge in [0.15, 0.2) is 5.90 Å². The smallest absolute Gasteiger partial charge is 0.189 e. The molecule has 0 aromatic carbocycles. The normalized spacial score (nSPS) is 33.1. The minimum atomic E-state index is -0.00300. The van der Waals surface area contributed by atoms with Crippen molar-refractivity contribution < 1.29 is 4.74 Å². The predicted octanol–water partition coefficient (Wildman–Crippen LogP) is 3.92. The van der Waals surface area contributed by atoms with E-state index < -0.39 is 0 Å². The number of halogens is 1. The maximum atomic E-state index is 5.96. The van der Waals surface area contributed by atoms with Crippen LogP contribution in [0.2, 0.25) is 0 Å². The summed E-state index contributed by atoms with van der Waals surface area (Å²) in [5, 5.41) is 0.821. The lowest BCUT2D eigenvalue weighted by atomic mass is 9.77. The Morgan fingerprint density at radius 1 is 1.47 bits per heavy atom. The molecule has 0 saturated heterocycles. The minimum Gasteiger partial charge on any atom is -0.478 e. The first-order valence-corrected chi connectivity index (χ1v) is 6.45. The van der Waals surface area contributed by atoms with Crippen LogP contribution in [0.4, 0.5) is 0 Å². The lowest BCUT2D eigenvalue weighted by Crippen LogP contribution is -2.30. The standard InChI is InChI=1S/C14H20ClNO/c1-13(2,3)12-16-11(9-17-12)14(4)7-5-10(15)6-8-14/h5-7,11H,8-9H2,1-4H3/t11-,14+/m1/s1. The molecule has 2 rings (SSSR count). The van der Waals surface area contributed by atoms with Crippen LogP contribution in [0.1, 0.15) is 34.1 Å². The molecule has 0 saturated carbocycles. The molecule has 0 N–H and O–H groups in total. The third-order valence-corrected chi connectivity index (χ3v) is 3.69. The fourth-order valence-corrected chi connectivity index (χ4v) is 2.23. The highest BCUT2D eigenvalue weighted by molar-refractivity contribution is 6.31. The van der Waals surface area contributed by atoms with Crippen molar-refractivity contribution in [1.29, 1.82) is 0 Å². The summed E-state index contributed by atoms with van der Waals surface area (Å²) in [6.07, 6.45) is 7.12. The molecule has 0 aromatic heterocycles. The largest absolute Gasteiger partial charge is 0.478 e. The van der Waals surface area contributed by atoms with E-state index in [4.69, 9.17) is 21.3 Å². The Balaban J connectivity index is 2.16. The average Bonchev–Trinajstić information content (AvgIpc) is 2.72. The van der Waals surface area contributed by atoms with Gasteiger partial charge < -0.3 is 4.74 Å². The molecule has 3 heteroatoms. The third kappa shape index (κ3) is 2.57. The van der Waals surface area contributed by atoms with Crippen molar-refractivity contribution in [1.82, 2.24) is 0 Å². The van der Waals surface area contributed by atoms with Gasteiger partial charge in [-0.1, -0.05) is 51.4 Å². The van der Waals surface area contributed by atoms with E-state index in [0.29, 0.717) is 6.61 Å². The van der Waals surface area contributed by atoms with Crippen LogP contribution in [0.5, 0.6) is 0 Å². The van der Waals surface area contributed by atoms with Crippen LogP contribution in [0.25, 0.3) is 0 Å². The highest BCUT2D eigenvalue weighted by Crippen LogP contribution is 2.38. The number of hydrogen-bond donors (Lipinski definition) is 0. The van der Waals surface area contributed by atoms with Gasteiger partial charge in [0.05, 0.1) is 6.04 Å². The van der Waals surface area contributed by atoms with Gasteiger partial charge in [0.1, 0.15) is 6.61 Å². The quantitative estimate of drug-likeness (QED) is 0.694. The molecule has 17 heavy (non-hydrogen) atoms. The van der Waals surface area contributed by atoms with E-state index in [1.54, 1.807) is 0 Å². The molecule has 0 bridgehead atoms. The van der Waals surface area contributed by atoms with Crippen molar-refractivity contribution in [2.24, 2.45) is 15.8 Å². The summed E-state index contributed by atoms with van der Waals surface area (Å²) in [5.74, 6) is 0.873. The second-order valence-corrected chi connectivity index (χ2v) is 6.58. The van der Waals surface area contributed by atoms with E-state index >= 15 is 0 Å². The molecule has 94 valence electrons. The molecule has 0 amide bonds. The minimum absolute atomic E-state index is 0.00300. The summed E-state index contributed by atoms with van der Waals surface area (Å²) in [4.78, 5) is 4.75. The number of hydrogen-bond acceptors (Lipinski definition) is 2. The number of rotatable bonds is 1. The first kappa shape index (κ1) is 12.7. The molecule has 2 atom stereocenters. The summed E-state index contributed by atoms with van der Waals surface area (Å²) >= 11 is 5.96. The van der Waals surface area contributed by atoms with Crippen LogP contribution in [-0.2, 0) is 4.74 Å². The Morgan fingerprint density at radius 3 is 2.65 bits per heavy atom. The highest BCUT2D eigenvalue weighted by atomic mass is 35.5. The first-order chi connectivity index (χ1) is 7.81. The number of allylic oxidation sites excluding steroid dienone is 3. The van der Waals surface area contributed by atoms with Crippen molar-refractivity contribution in [3.05, 3.63) is 23.3 Å². The van der Waals surface area contributed by atoms with Crippen molar-refractivity contribution >= 4 is 17.5 Å². The van der Waals surface area contributed by atoms with Gasteiger partial charge in [0, 0.05) is 15.9 Å². The van der Waals surface area contributed by atoms with Crippen LogP contribution in [0, 0.1) is 10.8 Å². The average molecular weight is 254 g/mol. The Hall–Kier alpha value is -0.760. The van der Waals surface area contributed by atoms with Gasteiger partial charge in [-0.2, -0.15) is 0 Å². The second kappa shape index (κ2) is 4.16. The van der Waals surface area contributed by atoms with E-state index in [9.17, 15) is 0 Å². The Labute approximate surface area is 108 Å². The molecule has 1 aliphatic heterocycles. The fraction of sp³-hybridized carbons (Fsp3) is 0.643. The summed E-state index contributed by atoms with van der Waals surface area (Å²) in [6.45, 7) is 9.28. The number of ether oxygens (including phenoxy) is 1. The van der Waals surface area contributed by atoms with Crippen LogP contribution >= 0.6 is 11.6 Å². The second-order valence-electron chi connectivity index (χ2n) is 6.14. The molecule has 0 spiro atoms. The number of nitrogens with zero attached hydrogens (tertiary/aromatic N) is 1. The van der Waals surface area contributed by atoms with E-state index in [1.807, 2.05) is 6.08 Å². The van der Waals surface area contributed by atoms with Crippen LogP contribution in [0.15, 0.2) is 28.3 Å². The van der Waals surface area contributed by atoms with E-state index in [1.165, 1.54) is 0 Å². The summed E-state index contributed by atoms with van der Waals surface area (Å²) in [7, 11) is 0. The van der Waals surface area contributed by atoms with Crippen molar-refractivity contribution in [3.8, 4) is 0 Å². The predicted molar refractivity (Wildman–Crippen MR) is 72.4 cm³/mol. The Kier molecular flexibility index (Phi) is 3.11. The van der Waals surface area contributed by atoms with E-state index in [2.05, 4.69) is 39.8 Å². The molecule has 2 aliphatic rings. The van der Waals surface area contributed by atoms with Crippen LogP contribution in [0.3, 0.4) is 0 Å². The highest BCUT2D eigenvalue weighted by Gasteiger charge is 2.38. The lowest BCUT2D eigenvalue weighted by Gasteiger charge is -2.30.